The first-order valence-electron chi connectivity index (χ1n) is 5.85. The van der Waals surface area contributed by atoms with Gasteiger partial charge >= 0.3 is 0 Å². The average Bonchev–Trinajstić information content (AvgIpc) is 2.80. The lowest BCUT2D eigenvalue weighted by molar-refractivity contribution is 0.242. The van der Waals surface area contributed by atoms with E-state index >= 15 is 0 Å². The largest absolute Gasteiger partial charge is 0.318 e. The highest BCUT2D eigenvalue weighted by Gasteiger charge is 2.22. The van der Waals surface area contributed by atoms with Crippen LogP contribution in [0.5, 0.6) is 0 Å². The van der Waals surface area contributed by atoms with Crippen LogP contribution < -0.4 is 5.32 Å². The summed E-state index contributed by atoms with van der Waals surface area (Å²) in [5.41, 5.74) is 1.44. The van der Waals surface area contributed by atoms with Crippen LogP contribution in [0.3, 0.4) is 0 Å². The predicted molar refractivity (Wildman–Crippen MR) is 63.9 cm³/mol. The number of hydrogen-bond donors (Lipinski definition) is 1. The molecule has 82 valence electrons. The van der Waals surface area contributed by atoms with E-state index in [4.69, 9.17) is 0 Å². The van der Waals surface area contributed by atoms with E-state index < -0.39 is 0 Å². The number of rotatable bonds is 4. The van der Waals surface area contributed by atoms with E-state index in [2.05, 4.69) is 40.5 Å². The summed E-state index contributed by atoms with van der Waals surface area (Å²) in [6.45, 7) is 3.55. The molecule has 0 aromatic heterocycles. The highest BCUT2D eigenvalue weighted by molar-refractivity contribution is 5.19. The third-order valence-electron chi connectivity index (χ3n) is 3.16. The molecule has 1 aromatic rings. The van der Waals surface area contributed by atoms with Crippen LogP contribution in [-0.4, -0.2) is 31.6 Å². The summed E-state index contributed by atoms with van der Waals surface area (Å²) in [5.74, 6) is 0. The molecule has 0 bridgehead atoms. The van der Waals surface area contributed by atoms with Crippen molar-refractivity contribution in [2.75, 3.05) is 26.7 Å². The van der Waals surface area contributed by atoms with E-state index in [9.17, 15) is 0 Å². The Balaban J connectivity index is 2.11. The SMILES string of the molecule is CNC[C@@H](c1ccccc1)N1CCCC1. The van der Waals surface area contributed by atoms with Gasteiger partial charge in [0.25, 0.3) is 0 Å². The Bertz CT molecular complexity index is 278. The van der Waals surface area contributed by atoms with Crippen molar-refractivity contribution < 1.29 is 0 Å². The maximum absolute atomic E-state index is 3.30. The average molecular weight is 204 g/mol. The lowest BCUT2D eigenvalue weighted by Crippen LogP contribution is -2.32. The fourth-order valence-electron chi connectivity index (χ4n) is 2.38. The van der Waals surface area contributed by atoms with Gasteiger partial charge in [-0.2, -0.15) is 0 Å². The van der Waals surface area contributed by atoms with Gasteiger partial charge in [-0.15, -0.1) is 0 Å². The predicted octanol–water partition coefficient (Wildman–Crippen LogP) is 2.04. The fraction of sp³-hybridized carbons (Fsp3) is 0.538. The summed E-state index contributed by atoms with van der Waals surface area (Å²) in [7, 11) is 2.03. The van der Waals surface area contributed by atoms with Gasteiger partial charge in [-0.05, 0) is 38.5 Å². The van der Waals surface area contributed by atoms with Crippen LogP contribution in [-0.2, 0) is 0 Å². The molecule has 1 N–H and O–H groups in total. The normalized spacial score (nSPS) is 19.3. The van der Waals surface area contributed by atoms with Gasteiger partial charge in [0.2, 0.25) is 0 Å². The Labute approximate surface area is 92.3 Å². The van der Waals surface area contributed by atoms with Crippen molar-refractivity contribution in [3.8, 4) is 0 Å². The molecule has 1 fully saturated rings. The van der Waals surface area contributed by atoms with Gasteiger partial charge in [0.15, 0.2) is 0 Å². The van der Waals surface area contributed by atoms with Gasteiger partial charge in [-0.1, -0.05) is 30.3 Å². The van der Waals surface area contributed by atoms with E-state index in [1.807, 2.05) is 7.05 Å². The molecule has 1 heterocycles. The molecule has 0 saturated carbocycles. The molecule has 0 spiro atoms. The quantitative estimate of drug-likeness (QED) is 0.807. The summed E-state index contributed by atoms with van der Waals surface area (Å²) in [6.07, 6.45) is 2.71. The minimum absolute atomic E-state index is 0.554. The molecule has 1 aliphatic rings. The molecule has 2 rings (SSSR count). The Hall–Kier alpha value is -0.860. The second-order valence-electron chi connectivity index (χ2n) is 4.23. The molecule has 2 heteroatoms. The molecular weight excluding hydrogens is 184 g/mol. The Morgan fingerprint density at radius 1 is 1.20 bits per heavy atom. The maximum Gasteiger partial charge on any atom is 0.0472 e. The van der Waals surface area contributed by atoms with Crippen molar-refractivity contribution in [2.45, 2.75) is 18.9 Å². The molecular formula is C13H20N2. The number of nitrogens with zero attached hydrogens (tertiary/aromatic N) is 1. The maximum atomic E-state index is 3.30. The van der Waals surface area contributed by atoms with Crippen LogP contribution in [0.25, 0.3) is 0 Å². The first kappa shape index (κ1) is 10.7. The monoisotopic (exact) mass is 204 g/mol. The van der Waals surface area contributed by atoms with Crippen molar-refractivity contribution >= 4 is 0 Å². The molecule has 0 unspecified atom stereocenters. The van der Waals surface area contributed by atoms with Crippen LogP contribution >= 0.6 is 0 Å². The molecule has 1 aliphatic heterocycles. The molecule has 0 amide bonds. The lowest BCUT2D eigenvalue weighted by Gasteiger charge is -2.27. The first-order chi connectivity index (χ1) is 7.42. The second-order valence-corrected chi connectivity index (χ2v) is 4.23. The zero-order valence-corrected chi connectivity index (χ0v) is 9.45. The van der Waals surface area contributed by atoms with E-state index in [0.717, 1.165) is 6.54 Å². The van der Waals surface area contributed by atoms with E-state index in [1.165, 1.54) is 31.5 Å². The molecule has 0 radical (unpaired) electrons. The topological polar surface area (TPSA) is 15.3 Å². The molecule has 2 nitrogen and oxygen atoms in total. The van der Waals surface area contributed by atoms with Crippen molar-refractivity contribution in [1.82, 2.24) is 10.2 Å². The second kappa shape index (κ2) is 5.29. The van der Waals surface area contributed by atoms with E-state index in [1.54, 1.807) is 0 Å². The molecule has 1 aromatic carbocycles. The van der Waals surface area contributed by atoms with Gasteiger partial charge in [0, 0.05) is 12.6 Å². The van der Waals surface area contributed by atoms with E-state index in [-0.39, 0.29) is 0 Å². The summed E-state index contributed by atoms with van der Waals surface area (Å²) in [5, 5.41) is 3.30. The number of hydrogen-bond acceptors (Lipinski definition) is 2. The molecule has 1 saturated heterocycles. The van der Waals surface area contributed by atoms with Gasteiger partial charge < -0.3 is 5.32 Å². The van der Waals surface area contributed by atoms with Crippen LogP contribution in [0.1, 0.15) is 24.4 Å². The number of likely N-dealkylation sites (N-methyl/N-ethyl adjacent to an activating group) is 1. The van der Waals surface area contributed by atoms with Crippen LogP contribution in [0.4, 0.5) is 0 Å². The number of nitrogens with one attached hydrogen (secondary N) is 1. The van der Waals surface area contributed by atoms with Crippen LogP contribution in [0, 0.1) is 0 Å². The van der Waals surface area contributed by atoms with E-state index in [0.29, 0.717) is 6.04 Å². The fourth-order valence-corrected chi connectivity index (χ4v) is 2.38. The molecule has 0 aliphatic carbocycles. The lowest BCUT2D eigenvalue weighted by atomic mass is 10.1. The Morgan fingerprint density at radius 2 is 1.87 bits per heavy atom. The zero-order chi connectivity index (χ0) is 10.5. The van der Waals surface area contributed by atoms with Crippen LogP contribution in [0.15, 0.2) is 30.3 Å². The van der Waals surface area contributed by atoms with Crippen molar-refractivity contribution in [3.05, 3.63) is 35.9 Å². The summed E-state index contributed by atoms with van der Waals surface area (Å²) < 4.78 is 0. The minimum atomic E-state index is 0.554. The molecule has 15 heavy (non-hydrogen) atoms. The van der Waals surface area contributed by atoms with Gasteiger partial charge in [-0.25, -0.2) is 0 Å². The number of benzene rings is 1. The smallest absolute Gasteiger partial charge is 0.0472 e. The summed E-state index contributed by atoms with van der Waals surface area (Å²) >= 11 is 0. The zero-order valence-electron chi connectivity index (χ0n) is 9.45. The Morgan fingerprint density at radius 3 is 2.47 bits per heavy atom. The van der Waals surface area contributed by atoms with Gasteiger partial charge in [0.1, 0.15) is 0 Å². The minimum Gasteiger partial charge on any atom is -0.318 e. The van der Waals surface area contributed by atoms with Crippen molar-refractivity contribution in [3.63, 3.8) is 0 Å². The summed E-state index contributed by atoms with van der Waals surface area (Å²) in [6, 6.07) is 11.4. The summed E-state index contributed by atoms with van der Waals surface area (Å²) in [4.78, 5) is 2.59. The highest BCUT2D eigenvalue weighted by atomic mass is 15.2. The van der Waals surface area contributed by atoms with Crippen LogP contribution in [0.2, 0.25) is 0 Å². The van der Waals surface area contributed by atoms with Gasteiger partial charge in [0.05, 0.1) is 0 Å². The standard InChI is InChI=1S/C13H20N2/c1-14-11-13(15-9-5-6-10-15)12-7-3-2-4-8-12/h2-4,7-8,13-14H,5-6,9-11H2,1H3/t13-/m0/s1. The first-order valence-corrected chi connectivity index (χ1v) is 5.85. The number of likely N-dealkylation sites (tertiary alicyclic amines) is 1. The third kappa shape index (κ3) is 2.58. The highest BCUT2D eigenvalue weighted by Crippen LogP contribution is 2.24. The molecule has 1 atom stereocenters. The van der Waals surface area contributed by atoms with Crippen molar-refractivity contribution in [1.29, 1.82) is 0 Å². The van der Waals surface area contributed by atoms with Crippen molar-refractivity contribution in [2.24, 2.45) is 0 Å². The van der Waals surface area contributed by atoms with Gasteiger partial charge in [-0.3, -0.25) is 4.90 Å². The third-order valence-corrected chi connectivity index (χ3v) is 3.16. The Kier molecular flexibility index (Phi) is 3.75.